The summed E-state index contributed by atoms with van der Waals surface area (Å²) in [6, 6.07) is 19.4. The Hall–Kier alpha value is -4.26. The van der Waals surface area contributed by atoms with E-state index in [1.165, 1.54) is 0 Å². The Kier molecular flexibility index (Phi) is 7.35. The van der Waals surface area contributed by atoms with Crippen molar-refractivity contribution in [2.24, 2.45) is 0 Å². The fraction of sp³-hybridized carbons (Fsp3) is 0.214. The summed E-state index contributed by atoms with van der Waals surface area (Å²) in [5.74, 6) is 1.31. The maximum atomic E-state index is 13.3. The van der Waals surface area contributed by atoms with Gasteiger partial charge >= 0.3 is 0 Å². The Balaban J connectivity index is 1.61. The van der Waals surface area contributed by atoms with Crippen LogP contribution >= 0.6 is 0 Å². The smallest absolute Gasteiger partial charge is 0.230 e. The van der Waals surface area contributed by atoms with Crippen molar-refractivity contribution in [3.05, 3.63) is 83.6 Å². The van der Waals surface area contributed by atoms with E-state index < -0.39 is 0 Å². The third-order valence-electron chi connectivity index (χ3n) is 5.39. The molecule has 0 spiro atoms. The van der Waals surface area contributed by atoms with Crippen LogP contribution < -0.4 is 19.5 Å². The molecule has 0 aliphatic carbocycles. The summed E-state index contributed by atoms with van der Waals surface area (Å²) in [5.41, 5.74) is 2.04. The van der Waals surface area contributed by atoms with E-state index in [4.69, 9.17) is 18.6 Å². The first-order valence-electron chi connectivity index (χ1n) is 11.4. The molecule has 0 aliphatic heterocycles. The Morgan fingerprint density at radius 2 is 1.60 bits per heavy atom. The molecule has 0 saturated heterocycles. The number of para-hydroxylation sites is 1. The highest BCUT2D eigenvalue weighted by Gasteiger charge is 2.23. The van der Waals surface area contributed by atoms with Gasteiger partial charge in [-0.25, -0.2) is 0 Å². The van der Waals surface area contributed by atoms with Crippen LogP contribution in [0.5, 0.6) is 17.2 Å². The second-order valence-corrected chi connectivity index (χ2v) is 7.73. The molecule has 1 amide bonds. The van der Waals surface area contributed by atoms with E-state index in [2.05, 4.69) is 5.32 Å². The predicted octanol–water partition coefficient (Wildman–Crippen LogP) is 5.65. The number of anilines is 1. The maximum Gasteiger partial charge on any atom is 0.230 e. The van der Waals surface area contributed by atoms with Gasteiger partial charge in [-0.2, -0.15) is 0 Å². The third-order valence-corrected chi connectivity index (χ3v) is 5.39. The Labute approximate surface area is 203 Å². The van der Waals surface area contributed by atoms with Crippen molar-refractivity contribution in [1.82, 2.24) is 0 Å². The summed E-state index contributed by atoms with van der Waals surface area (Å²) in [4.78, 5) is 26.3. The number of rotatable bonds is 10. The predicted molar refractivity (Wildman–Crippen MR) is 134 cm³/mol. The first kappa shape index (κ1) is 23.9. The Bertz CT molecular complexity index is 1340. The number of furan rings is 1. The minimum absolute atomic E-state index is 0.0754. The zero-order valence-corrected chi connectivity index (χ0v) is 19.9. The minimum atomic E-state index is -0.334. The molecule has 35 heavy (non-hydrogen) atoms. The number of carbonyl (C=O) groups excluding carboxylic acids is 2. The van der Waals surface area contributed by atoms with Gasteiger partial charge in [0.15, 0.2) is 17.3 Å². The molecule has 0 fully saturated rings. The van der Waals surface area contributed by atoms with Crippen LogP contribution in [-0.4, -0.2) is 32.0 Å². The molecule has 1 heterocycles. The molecule has 1 N–H and O–H groups in total. The van der Waals surface area contributed by atoms with Crippen LogP contribution in [0.1, 0.15) is 35.5 Å². The maximum absolute atomic E-state index is 13.3. The highest BCUT2D eigenvalue weighted by Crippen LogP contribution is 2.33. The van der Waals surface area contributed by atoms with Crippen molar-refractivity contribution < 1.29 is 28.2 Å². The van der Waals surface area contributed by atoms with Crippen LogP contribution in [0, 0.1) is 0 Å². The van der Waals surface area contributed by atoms with Gasteiger partial charge in [0.2, 0.25) is 11.7 Å². The van der Waals surface area contributed by atoms with Crippen LogP contribution in [0.2, 0.25) is 0 Å². The van der Waals surface area contributed by atoms with E-state index in [0.717, 1.165) is 5.56 Å². The average Bonchev–Trinajstić information content (AvgIpc) is 3.23. The van der Waals surface area contributed by atoms with Gasteiger partial charge in [-0.1, -0.05) is 18.2 Å². The van der Waals surface area contributed by atoms with Crippen molar-refractivity contribution in [1.29, 1.82) is 0 Å². The topological polar surface area (TPSA) is 87.0 Å². The SMILES string of the molecule is CCOc1ccc(CC(=O)Nc2c(C(=O)c3ccc(OC)cc3)oc3ccccc23)cc1OCC. The zero-order chi connectivity index (χ0) is 24.8. The van der Waals surface area contributed by atoms with Crippen molar-refractivity contribution in [3.63, 3.8) is 0 Å². The van der Waals surface area contributed by atoms with E-state index in [1.807, 2.05) is 38.1 Å². The molecular formula is C28H27NO6. The van der Waals surface area contributed by atoms with Gasteiger partial charge in [0.25, 0.3) is 0 Å². The molecule has 4 rings (SSSR count). The van der Waals surface area contributed by atoms with Gasteiger partial charge in [-0.05, 0) is 67.9 Å². The molecule has 0 aliphatic rings. The van der Waals surface area contributed by atoms with Crippen molar-refractivity contribution in [3.8, 4) is 17.2 Å². The van der Waals surface area contributed by atoms with Gasteiger partial charge in [0, 0.05) is 10.9 Å². The highest BCUT2D eigenvalue weighted by molar-refractivity contribution is 6.17. The molecule has 180 valence electrons. The number of fused-ring (bicyclic) bond motifs is 1. The van der Waals surface area contributed by atoms with E-state index in [9.17, 15) is 9.59 Å². The van der Waals surface area contributed by atoms with Crippen molar-refractivity contribution in [2.45, 2.75) is 20.3 Å². The number of nitrogens with one attached hydrogen (secondary N) is 1. The van der Waals surface area contributed by atoms with Gasteiger partial charge in [0.1, 0.15) is 11.3 Å². The van der Waals surface area contributed by atoms with Gasteiger partial charge < -0.3 is 23.9 Å². The number of hydrogen-bond acceptors (Lipinski definition) is 6. The van der Waals surface area contributed by atoms with Crippen LogP contribution in [0.15, 0.2) is 71.1 Å². The van der Waals surface area contributed by atoms with Crippen LogP contribution in [-0.2, 0) is 11.2 Å². The number of carbonyl (C=O) groups is 2. The summed E-state index contributed by atoms with van der Waals surface area (Å²) in [6.07, 6.45) is 0.0855. The summed E-state index contributed by atoms with van der Waals surface area (Å²) in [7, 11) is 1.56. The fourth-order valence-electron chi connectivity index (χ4n) is 3.78. The monoisotopic (exact) mass is 473 g/mol. The number of methoxy groups -OCH3 is 1. The molecule has 7 heteroatoms. The summed E-state index contributed by atoms with van der Waals surface area (Å²) in [5, 5.41) is 3.55. The zero-order valence-electron chi connectivity index (χ0n) is 19.9. The largest absolute Gasteiger partial charge is 0.497 e. The lowest BCUT2D eigenvalue weighted by Gasteiger charge is -2.12. The third kappa shape index (κ3) is 5.30. The number of hydrogen-bond donors (Lipinski definition) is 1. The normalized spacial score (nSPS) is 10.7. The molecular weight excluding hydrogens is 446 g/mol. The number of benzene rings is 3. The standard InChI is InChI=1S/C28H27NO6/c1-4-33-23-15-10-18(16-24(23)34-5-2)17-25(30)29-26-21-8-6-7-9-22(21)35-28(26)27(31)19-11-13-20(32-3)14-12-19/h6-16H,4-5,17H2,1-3H3,(H,29,30). The van der Waals surface area contributed by atoms with Crippen molar-refractivity contribution >= 4 is 28.3 Å². The van der Waals surface area contributed by atoms with Crippen LogP contribution in [0.4, 0.5) is 5.69 Å². The second-order valence-electron chi connectivity index (χ2n) is 7.73. The van der Waals surface area contributed by atoms with E-state index in [1.54, 1.807) is 49.6 Å². The second kappa shape index (κ2) is 10.8. The summed E-state index contributed by atoms with van der Waals surface area (Å²) in [6.45, 7) is 4.78. The van der Waals surface area contributed by atoms with Crippen molar-refractivity contribution in [2.75, 3.05) is 25.6 Å². The average molecular weight is 474 g/mol. The first-order chi connectivity index (χ1) is 17.0. The van der Waals surface area contributed by atoms with E-state index >= 15 is 0 Å². The van der Waals surface area contributed by atoms with E-state index in [-0.39, 0.29) is 23.9 Å². The summed E-state index contributed by atoms with van der Waals surface area (Å²) < 4.78 is 22.3. The summed E-state index contributed by atoms with van der Waals surface area (Å²) >= 11 is 0. The van der Waals surface area contributed by atoms with Gasteiger partial charge in [-0.3, -0.25) is 9.59 Å². The highest BCUT2D eigenvalue weighted by atomic mass is 16.5. The molecule has 1 aromatic heterocycles. The molecule has 0 radical (unpaired) electrons. The fourth-order valence-corrected chi connectivity index (χ4v) is 3.78. The minimum Gasteiger partial charge on any atom is -0.497 e. The first-order valence-corrected chi connectivity index (χ1v) is 11.4. The van der Waals surface area contributed by atoms with Crippen LogP contribution in [0.25, 0.3) is 11.0 Å². The molecule has 0 atom stereocenters. The molecule has 0 bridgehead atoms. The lowest BCUT2D eigenvalue weighted by molar-refractivity contribution is -0.115. The number of ether oxygens (including phenoxy) is 3. The molecule has 0 unspecified atom stereocenters. The number of amides is 1. The lowest BCUT2D eigenvalue weighted by Crippen LogP contribution is -2.16. The van der Waals surface area contributed by atoms with Crippen LogP contribution in [0.3, 0.4) is 0 Å². The van der Waals surface area contributed by atoms with Gasteiger partial charge in [-0.15, -0.1) is 0 Å². The Morgan fingerprint density at radius 3 is 2.31 bits per heavy atom. The van der Waals surface area contributed by atoms with Gasteiger partial charge in [0.05, 0.1) is 32.4 Å². The molecule has 3 aromatic carbocycles. The molecule has 7 nitrogen and oxygen atoms in total. The number of ketones is 1. The lowest BCUT2D eigenvalue weighted by atomic mass is 10.1. The van der Waals surface area contributed by atoms with E-state index in [0.29, 0.717) is 52.7 Å². The quantitative estimate of drug-likeness (QED) is 0.300. The Morgan fingerprint density at radius 1 is 0.886 bits per heavy atom. The molecule has 0 saturated carbocycles. The molecule has 4 aromatic rings.